The molecule has 0 aliphatic carbocycles. The highest BCUT2D eigenvalue weighted by atomic mass is 32.2. The zero-order valence-electron chi connectivity index (χ0n) is 11.4. The average Bonchev–Trinajstić information content (AvgIpc) is 2.73. The smallest absolute Gasteiger partial charge is 0.159 e. The van der Waals surface area contributed by atoms with Gasteiger partial charge in [0.2, 0.25) is 0 Å². The number of nitrogens with zero attached hydrogens (tertiary/aromatic N) is 1. The Kier molecular flexibility index (Phi) is 4.42. The fourth-order valence-corrected chi connectivity index (χ4v) is 3.39. The van der Waals surface area contributed by atoms with Crippen LogP contribution in [0.1, 0.15) is 27.2 Å². The second-order valence-electron chi connectivity index (χ2n) is 5.53. The molecule has 0 bridgehead atoms. The molecule has 6 nitrogen and oxygen atoms in total. The topological polar surface area (TPSA) is 94.3 Å². The van der Waals surface area contributed by atoms with Crippen molar-refractivity contribution in [1.82, 2.24) is 5.32 Å². The number of hydrogen-bond acceptors (Lipinski definition) is 7. The number of nitrogens with one attached hydrogen (secondary N) is 1. The van der Waals surface area contributed by atoms with E-state index in [1.807, 2.05) is 0 Å². The summed E-state index contributed by atoms with van der Waals surface area (Å²) in [5.74, 6) is 0. The molecule has 0 aromatic carbocycles. The molecule has 0 amide bonds. The van der Waals surface area contributed by atoms with Gasteiger partial charge in [0.15, 0.2) is 5.17 Å². The van der Waals surface area contributed by atoms with Crippen molar-refractivity contribution in [3.63, 3.8) is 0 Å². The number of hydrogen-bond donors (Lipinski definition) is 4. The zero-order chi connectivity index (χ0) is 14.2. The highest BCUT2D eigenvalue weighted by Gasteiger charge is 2.52. The van der Waals surface area contributed by atoms with Crippen molar-refractivity contribution < 1.29 is 20.1 Å². The van der Waals surface area contributed by atoms with Gasteiger partial charge in [0.05, 0.1) is 5.60 Å². The van der Waals surface area contributed by atoms with Crippen LogP contribution in [0.5, 0.6) is 0 Å². The standard InChI is InChI=1S/C12H22N2O4S/c1-4-5-13-11-14-6-7(15)8(16)9(12(2,3)17)18-10(6)19-11/h6-10,15-17H,4-5H2,1-3H3,(H,13,14)/t6-,7?,8+,9?,10-/m1/s1. The van der Waals surface area contributed by atoms with Crippen LogP contribution in [-0.4, -0.2) is 62.4 Å². The second kappa shape index (κ2) is 5.57. The Bertz CT molecular complexity index is 358. The van der Waals surface area contributed by atoms with Crippen molar-refractivity contribution in [2.24, 2.45) is 4.99 Å². The molecule has 2 rings (SSSR count). The van der Waals surface area contributed by atoms with Gasteiger partial charge >= 0.3 is 0 Å². The van der Waals surface area contributed by atoms with E-state index < -0.39 is 30.0 Å². The maximum atomic E-state index is 10.1. The molecule has 1 saturated heterocycles. The van der Waals surface area contributed by atoms with E-state index in [2.05, 4.69) is 17.2 Å². The molecule has 2 aliphatic rings. The molecule has 0 saturated carbocycles. The summed E-state index contributed by atoms with van der Waals surface area (Å²) in [7, 11) is 0. The van der Waals surface area contributed by atoms with Gasteiger partial charge in [0, 0.05) is 6.54 Å². The Morgan fingerprint density at radius 3 is 2.63 bits per heavy atom. The van der Waals surface area contributed by atoms with Crippen molar-refractivity contribution in [3.05, 3.63) is 0 Å². The van der Waals surface area contributed by atoms with E-state index in [9.17, 15) is 15.3 Å². The predicted molar refractivity (Wildman–Crippen MR) is 74.1 cm³/mol. The van der Waals surface area contributed by atoms with Crippen LogP contribution < -0.4 is 5.32 Å². The van der Waals surface area contributed by atoms with Gasteiger partial charge in [-0.3, -0.25) is 4.99 Å². The van der Waals surface area contributed by atoms with Gasteiger partial charge in [0.25, 0.3) is 0 Å². The number of aliphatic hydroxyl groups is 3. The molecule has 110 valence electrons. The molecular formula is C12H22N2O4S. The Hall–Kier alpha value is -0.340. The van der Waals surface area contributed by atoms with E-state index >= 15 is 0 Å². The molecule has 0 aromatic rings. The summed E-state index contributed by atoms with van der Waals surface area (Å²) >= 11 is 1.39. The van der Waals surface area contributed by atoms with Crippen LogP contribution in [0.25, 0.3) is 0 Å². The first-order chi connectivity index (χ1) is 8.84. The molecule has 0 spiro atoms. The second-order valence-corrected chi connectivity index (χ2v) is 6.62. The molecule has 1 fully saturated rings. The van der Waals surface area contributed by atoms with Crippen molar-refractivity contribution in [1.29, 1.82) is 0 Å². The van der Waals surface area contributed by atoms with Crippen LogP contribution >= 0.6 is 11.8 Å². The summed E-state index contributed by atoms with van der Waals surface area (Å²) in [6.45, 7) is 5.98. The molecule has 2 unspecified atom stereocenters. The minimum atomic E-state index is -1.22. The number of aliphatic imine (C=N–C) groups is 1. The fourth-order valence-electron chi connectivity index (χ4n) is 2.26. The van der Waals surface area contributed by atoms with Gasteiger partial charge < -0.3 is 25.4 Å². The van der Waals surface area contributed by atoms with Gasteiger partial charge in [-0.15, -0.1) is 0 Å². The van der Waals surface area contributed by atoms with Gasteiger partial charge in [0.1, 0.15) is 29.8 Å². The van der Waals surface area contributed by atoms with Crippen molar-refractivity contribution in [2.45, 2.75) is 62.6 Å². The third-order valence-corrected chi connectivity index (χ3v) is 4.38. The SMILES string of the molecule is CCCNC1=N[C@@H]2C(O)[C@H](O)C(C(C)(C)O)O[C@@H]2S1. The Balaban J connectivity index is 2.08. The number of amidine groups is 1. The quantitative estimate of drug-likeness (QED) is 0.569. The Labute approximate surface area is 117 Å². The zero-order valence-corrected chi connectivity index (χ0v) is 12.2. The van der Waals surface area contributed by atoms with Crippen LogP contribution in [0.2, 0.25) is 0 Å². The molecule has 5 atom stereocenters. The summed E-state index contributed by atoms with van der Waals surface area (Å²) in [6.07, 6.45) is -2.01. The molecule has 0 aromatic heterocycles. The van der Waals surface area contributed by atoms with Crippen LogP contribution in [0.4, 0.5) is 0 Å². The number of thioether (sulfide) groups is 1. The fraction of sp³-hybridized carbons (Fsp3) is 0.917. The predicted octanol–water partition coefficient (Wildman–Crippen LogP) is -0.325. The lowest BCUT2D eigenvalue weighted by Crippen LogP contribution is -2.61. The molecular weight excluding hydrogens is 268 g/mol. The van der Waals surface area contributed by atoms with E-state index in [1.165, 1.54) is 11.8 Å². The normalized spacial score (nSPS) is 38.8. The molecule has 2 aliphatic heterocycles. The Morgan fingerprint density at radius 1 is 1.37 bits per heavy atom. The lowest BCUT2D eigenvalue weighted by molar-refractivity contribution is -0.208. The maximum absolute atomic E-state index is 10.1. The Morgan fingerprint density at radius 2 is 2.05 bits per heavy atom. The van der Waals surface area contributed by atoms with Crippen LogP contribution in [-0.2, 0) is 4.74 Å². The number of aliphatic hydroxyl groups excluding tert-OH is 2. The first-order valence-electron chi connectivity index (χ1n) is 6.57. The molecule has 2 heterocycles. The lowest BCUT2D eigenvalue weighted by Gasteiger charge is -2.43. The van der Waals surface area contributed by atoms with Gasteiger partial charge in [-0.25, -0.2) is 0 Å². The lowest BCUT2D eigenvalue weighted by atomic mass is 9.89. The number of ether oxygens (including phenoxy) is 1. The largest absolute Gasteiger partial charge is 0.388 e. The van der Waals surface area contributed by atoms with Crippen molar-refractivity contribution >= 4 is 16.9 Å². The molecule has 0 radical (unpaired) electrons. The van der Waals surface area contributed by atoms with Gasteiger partial charge in [-0.05, 0) is 20.3 Å². The van der Waals surface area contributed by atoms with E-state index in [-0.39, 0.29) is 5.44 Å². The highest BCUT2D eigenvalue weighted by molar-refractivity contribution is 8.14. The number of fused-ring (bicyclic) bond motifs is 1. The average molecular weight is 290 g/mol. The third kappa shape index (κ3) is 3.05. The summed E-state index contributed by atoms with van der Waals surface area (Å²) < 4.78 is 5.72. The molecule has 19 heavy (non-hydrogen) atoms. The summed E-state index contributed by atoms with van der Waals surface area (Å²) in [6, 6.07) is -0.488. The van der Waals surface area contributed by atoms with E-state index in [4.69, 9.17) is 4.74 Å². The molecule has 7 heteroatoms. The first kappa shape index (κ1) is 15.1. The van der Waals surface area contributed by atoms with Crippen LogP contribution in [0, 0.1) is 0 Å². The van der Waals surface area contributed by atoms with E-state index in [1.54, 1.807) is 13.8 Å². The summed E-state index contributed by atoms with van der Waals surface area (Å²) in [5.41, 5.74) is -1.58. The highest BCUT2D eigenvalue weighted by Crippen LogP contribution is 2.38. The number of rotatable bonds is 3. The maximum Gasteiger partial charge on any atom is 0.159 e. The molecule has 4 N–H and O–H groups in total. The first-order valence-corrected chi connectivity index (χ1v) is 7.45. The van der Waals surface area contributed by atoms with Gasteiger partial charge in [-0.1, -0.05) is 18.7 Å². The van der Waals surface area contributed by atoms with E-state index in [0.29, 0.717) is 0 Å². The van der Waals surface area contributed by atoms with Crippen molar-refractivity contribution in [3.8, 4) is 0 Å². The third-order valence-electron chi connectivity index (χ3n) is 3.29. The monoisotopic (exact) mass is 290 g/mol. The summed E-state index contributed by atoms with van der Waals surface area (Å²) in [4.78, 5) is 4.35. The van der Waals surface area contributed by atoms with Gasteiger partial charge in [-0.2, -0.15) is 0 Å². The van der Waals surface area contributed by atoms with Crippen LogP contribution in [0.3, 0.4) is 0 Å². The minimum absolute atomic E-state index is 0.366. The van der Waals surface area contributed by atoms with Crippen LogP contribution in [0.15, 0.2) is 4.99 Å². The van der Waals surface area contributed by atoms with Crippen molar-refractivity contribution in [2.75, 3.05) is 6.54 Å². The minimum Gasteiger partial charge on any atom is -0.388 e. The van der Waals surface area contributed by atoms with E-state index in [0.717, 1.165) is 18.1 Å². The summed E-state index contributed by atoms with van der Waals surface area (Å²) in [5, 5.41) is 34.1.